The van der Waals surface area contributed by atoms with Gasteiger partial charge >= 0.3 is 0 Å². The predicted octanol–water partition coefficient (Wildman–Crippen LogP) is 2.21. The summed E-state index contributed by atoms with van der Waals surface area (Å²) in [6, 6.07) is 4.05. The van der Waals surface area contributed by atoms with E-state index in [-0.39, 0.29) is 5.60 Å². The first-order valence-electron chi connectivity index (χ1n) is 5.91. The van der Waals surface area contributed by atoms with Crippen molar-refractivity contribution in [3.05, 3.63) is 23.3 Å². The number of ether oxygens (including phenoxy) is 1. The number of nitrogens with two attached hydrogens (primary N) is 1. The molecule has 1 aromatic rings. The van der Waals surface area contributed by atoms with E-state index in [9.17, 15) is 0 Å². The third kappa shape index (κ3) is 2.42. The minimum Gasteiger partial charge on any atom is -0.485 e. The quantitative estimate of drug-likeness (QED) is 0.463. The second kappa shape index (κ2) is 4.40. The molecule has 0 fully saturated rings. The molecule has 0 atom stereocenters. The largest absolute Gasteiger partial charge is 0.485 e. The summed E-state index contributed by atoms with van der Waals surface area (Å²) in [5, 5.41) is 4.96. The molecule has 0 radical (unpaired) electrons. The van der Waals surface area contributed by atoms with Crippen LogP contribution < -0.4 is 15.9 Å². The topological polar surface area (TPSA) is 50.5 Å². The maximum atomic E-state index is 6.01. The van der Waals surface area contributed by atoms with Gasteiger partial charge in [0.15, 0.2) is 5.11 Å². The third-order valence-electron chi connectivity index (χ3n) is 3.04. The lowest BCUT2D eigenvalue weighted by atomic mass is 9.98. The van der Waals surface area contributed by atoms with Gasteiger partial charge in [0.05, 0.1) is 5.69 Å². The van der Waals surface area contributed by atoms with E-state index >= 15 is 0 Å². The molecule has 0 spiro atoms. The fraction of sp³-hybridized carbons (Fsp3) is 0.462. The number of fused-ring (bicyclic) bond motifs is 1. The van der Waals surface area contributed by atoms with Crippen molar-refractivity contribution in [3.8, 4) is 5.75 Å². The second-order valence-electron chi connectivity index (χ2n) is 5.32. The first kappa shape index (κ1) is 13.1. The number of hydrogen-bond acceptors (Lipinski definition) is 3. The molecule has 5 heteroatoms. The molecule has 1 aliphatic heterocycles. The van der Waals surface area contributed by atoms with Gasteiger partial charge < -0.3 is 10.1 Å². The highest BCUT2D eigenvalue weighted by atomic mass is 32.1. The predicted molar refractivity (Wildman–Crippen MR) is 77.8 cm³/mol. The Morgan fingerprint density at radius 3 is 2.78 bits per heavy atom. The summed E-state index contributed by atoms with van der Waals surface area (Å²) < 4.78 is 6.01. The summed E-state index contributed by atoms with van der Waals surface area (Å²) in [5.74, 6) is 6.49. The molecular formula is C13H19N3OS. The minimum atomic E-state index is -0.166. The second-order valence-corrected chi connectivity index (χ2v) is 5.70. The van der Waals surface area contributed by atoms with Gasteiger partial charge in [-0.1, -0.05) is 6.07 Å². The molecule has 0 unspecified atom stereocenters. The Hall–Kier alpha value is -1.33. The van der Waals surface area contributed by atoms with Crippen LogP contribution >= 0.6 is 12.2 Å². The van der Waals surface area contributed by atoms with Crippen LogP contribution in [0, 0.1) is 6.92 Å². The minimum absolute atomic E-state index is 0.166. The lowest BCUT2D eigenvalue weighted by molar-refractivity contribution is 0.139. The van der Waals surface area contributed by atoms with Crippen LogP contribution in [0.4, 0.5) is 5.69 Å². The van der Waals surface area contributed by atoms with Crippen LogP contribution in [-0.4, -0.2) is 22.8 Å². The molecule has 4 nitrogen and oxygen atoms in total. The van der Waals surface area contributed by atoms with Crippen LogP contribution in [0.5, 0.6) is 5.75 Å². The molecule has 18 heavy (non-hydrogen) atoms. The SMILES string of the molecule is Cc1ccc(NC(=S)N(C)N)c2c1CC(C)(C)O2. The van der Waals surface area contributed by atoms with Crippen molar-refractivity contribution >= 4 is 23.0 Å². The van der Waals surface area contributed by atoms with E-state index in [1.54, 1.807) is 7.05 Å². The van der Waals surface area contributed by atoms with E-state index in [1.165, 1.54) is 16.1 Å². The van der Waals surface area contributed by atoms with E-state index in [0.717, 1.165) is 17.9 Å². The molecule has 0 bridgehead atoms. The molecule has 0 amide bonds. The molecule has 0 saturated carbocycles. The van der Waals surface area contributed by atoms with Crippen LogP contribution in [0.3, 0.4) is 0 Å². The number of nitrogens with one attached hydrogen (secondary N) is 1. The van der Waals surface area contributed by atoms with Crippen LogP contribution in [0.1, 0.15) is 25.0 Å². The van der Waals surface area contributed by atoms with Gasteiger partial charge in [-0.05, 0) is 44.6 Å². The van der Waals surface area contributed by atoms with E-state index in [0.29, 0.717) is 5.11 Å². The summed E-state index contributed by atoms with van der Waals surface area (Å²) in [5.41, 5.74) is 3.20. The molecule has 0 saturated heterocycles. The fourth-order valence-corrected chi connectivity index (χ4v) is 2.21. The average Bonchev–Trinajstić information content (AvgIpc) is 2.59. The number of hydrogen-bond donors (Lipinski definition) is 2. The van der Waals surface area contributed by atoms with Crippen molar-refractivity contribution in [2.45, 2.75) is 32.8 Å². The zero-order valence-corrected chi connectivity index (χ0v) is 12.0. The first-order valence-corrected chi connectivity index (χ1v) is 6.32. The van der Waals surface area contributed by atoms with Crippen molar-refractivity contribution in [2.24, 2.45) is 5.84 Å². The van der Waals surface area contributed by atoms with Crippen LogP contribution in [-0.2, 0) is 6.42 Å². The van der Waals surface area contributed by atoms with Crippen molar-refractivity contribution in [1.29, 1.82) is 0 Å². The number of benzene rings is 1. The van der Waals surface area contributed by atoms with Gasteiger partial charge in [0.25, 0.3) is 0 Å². The van der Waals surface area contributed by atoms with E-state index in [4.69, 9.17) is 22.8 Å². The Morgan fingerprint density at radius 1 is 1.50 bits per heavy atom. The van der Waals surface area contributed by atoms with Crippen molar-refractivity contribution in [3.63, 3.8) is 0 Å². The monoisotopic (exact) mass is 265 g/mol. The van der Waals surface area contributed by atoms with E-state index in [2.05, 4.69) is 32.2 Å². The molecule has 98 valence electrons. The summed E-state index contributed by atoms with van der Waals surface area (Å²) in [4.78, 5) is 0. The average molecular weight is 265 g/mol. The van der Waals surface area contributed by atoms with Gasteiger partial charge in [-0.3, -0.25) is 5.01 Å². The Bertz CT molecular complexity index is 497. The van der Waals surface area contributed by atoms with Crippen molar-refractivity contribution in [2.75, 3.05) is 12.4 Å². The van der Waals surface area contributed by atoms with Gasteiger partial charge in [0.1, 0.15) is 11.4 Å². The molecule has 1 heterocycles. The van der Waals surface area contributed by atoms with Gasteiger partial charge in [0.2, 0.25) is 0 Å². The molecule has 2 rings (SSSR count). The number of nitrogens with zero attached hydrogens (tertiary/aromatic N) is 1. The highest BCUT2D eigenvalue weighted by Crippen LogP contribution is 2.42. The van der Waals surface area contributed by atoms with Gasteiger partial charge in [-0.2, -0.15) is 0 Å². The maximum absolute atomic E-state index is 6.01. The number of thiocarbonyl (C=S) groups is 1. The molecule has 1 aromatic carbocycles. The Balaban J connectivity index is 2.36. The number of hydrazine groups is 1. The highest BCUT2D eigenvalue weighted by molar-refractivity contribution is 7.80. The first-order chi connectivity index (χ1) is 8.30. The lowest BCUT2D eigenvalue weighted by Gasteiger charge is -2.20. The van der Waals surface area contributed by atoms with Gasteiger partial charge in [0, 0.05) is 19.0 Å². The highest BCUT2D eigenvalue weighted by Gasteiger charge is 2.33. The van der Waals surface area contributed by atoms with Crippen LogP contribution in [0.2, 0.25) is 0 Å². The van der Waals surface area contributed by atoms with Crippen LogP contribution in [0.25, 0.3) is 0 Å². The standard InChI is InChI=1S/C13H19N3OS/c1-8-5-6-10(15-12(18)16(4)14)11-9(8)7-13(2,3)17-11/h5-6H,7,14H2,1-4H3,(H,15,18). The van der Waals surface area contributed by atoms with E-state index < -0.39 is 0 Å². The molecule has 0 aromatic heterocycles. The Labute approximate surface area is 113 Å². The lowest BCUT2D eigenvalue weighted by Crippen LogP contribution is -2.36. The molecule has 1 aliphatic rings. The maximum Gasteiger partial charge on any atom is 0.187 e. The molecule has 0 aliphatic carbocycles. The number of rotatable bonds is 1. The molecular weight excluding hydrogens is 246 g/mol. The van der Waals surface area contributed by atoms with E-state index in [1.807, 2.05) is 6.07 Å². The zero-order valence-electron chi connectivity index (χ0n) is 11.2. The van der Waals surface area contributed by atoms with Gasteiger partial charge in [-0.15, -0.1) is 0 Å². The summed E-state index contributed by atoms with van der Waals surface area (Å²) in [6.45, 7) is 6.27. The number of anilines is 1. The Morgan fingerprint density at radius 2 is 2.17 bits per heavy atom. The zero-order chi connectivity index (χ0) is 13.5. The van der Waals surface area contributed by atoms with Crippen molar-refractivity contribution in [1.82, 2.24) is 5.01 Å². The molecule has 3 N–H and O–H groups in total. The van der Waals surface area contributed by atoms with Gasteiger partial charge in [-0.25, -0.2) is 5.84 Å². The summed E-state index contributed by atoms with van der Waals surface area (Å²) >= 11 is 5.16. The number of aryl methyl sites for hydroxylation is 1. The Kier molecular flexibility index (Phi) is 3.21. The fourth-order valence-electron chi connectivity index (χ4n) is 2.10. The summed E-state index contributed by atoms with van der Waals surface area (Å²) in [7, 11) is 1.70. The smallest absolute Gasteiger partial charge is 0.187 e. The van der Waals surface area contributed by atoms with Crippen LogP contribution in [0.15, 0.2) is 12.1 Å². The third-order valence-corrected chi connectivity index (χ3v) is 3.43. The summed E-state index contributed by atoms with van der Waals surface area (Å²) in [6.07, 6.45) is 0.912. The van der Waals surface area contributed by atoms with Crippen molar-refractivity contribution < 1.29 is 4.74 Å². The normalized spacial score (nSPS) is 15.8.